The van der Waals surface area contributed by atoms with E-state index in [0.717, 1.165) is 5.56 Å². The van der Waals surface area contributed by atoms with Crippen molar-refractivity contribution in [3.63, 3.8) is 0 Å². The van der Waals surface area contributed by atoms with Crippen LogP contribution in [-0.2, 0) is 6.54 Å². The summed E-state index contributed by atoms with van der Waals surface area (Å²) in [6.45, 7) is 0.424. The number of halogens is 1. The van der Waals surface area contributed by atoms with Crippen LogP contribution in [-0.4, -0.2) is 36.9 Å². The fraction of sp³-hybridized carbons (Fsp3) is 0.286. The van der Waals surface area contributed by atoms with E-state index in [9.17, 15) is 4.79 Å². The SMILES string of the molecule is CN(Cc1ccccc1Cl)C(=O)c1sc(N(C)C)nc1N. The van der Waals surface area contributed by atoms with Crippen LogP contribution < -0.4 is 10.6 Å². The Bertz CT molecular complexity index is 656. The third kappa shape index (κ3) is 3.46. The van der Waals surface area contributed by atoms with Gasteiger partial charge in [0.25, 0.3) is 5.91 Å². The maximum absolute atomic E-state index is 12.5. The third-order valence-corrected chi connectivity index (χ3v) is 4.53. The van der Waals surface area contributed by atoms with E-state index >= 15 is 0 Å². The summed E-state index contributed by atoms with van der Waals surface area (Å²) in [6.07, 6.45) is 0. The number of nitrogens with zero attached hydrogens (tertiary/aromatic N) is 3. The van der Waals surface area contributed by atoms with Crippen molar-refractivity contribution in [2.75, 3.05) is 31.8 Å². The lowest BCUT2D eigenvalue weighted by Crippen LogP contribution is -2.26. The predicted octanol–water partition coefficient (Wildman–Crippen LogP) is 2.72. The maximum Gasteiger partial charge on any atom is 0.267 e. The smallest absolute Gasteiger partial charge is 0.267 e. The Hall–Kier alpha value is -1.79. The summed E-state index contributed by atoms with van der Waals surface area (Å²) in [7, 11) is 5.44. The Morgan fingerprint density at radius 1 is 1.33 bits per heavy atom. The highest BCUT2D eigenvalue weighted by atomic mass is 35.5. The van der Waals surface area contributed by atoms with E-state index in [1.165, 1.54) is 11.3 Å². The summed E-state index contributed by atoms with van der Waals surface area (Å²) in [5, 5.41) is 1.35. The number of anilines is 2. The normalized spacial score (nSPS) is 10.5. The van der Waals surface area contributed by atoms with Crippen LogP contribution in [0.2, 0.25) is 5.02 Å². The molecule has 1 aromatic heterocycles. The third-order valence-electron chi connectivity index (χ3n) is 2.93. The molecule has 7 heteroatoms. The van der Waals surface area contributed by atoms with Crippen LogP contribution in [0.5, 0.6) is 0 Å². The number of nitrogen functional groups attached to an aromatic ring is 1. The van der Waals surface area contributed by atoms with Crippen LogP contribution >= 0.6 is 22.9 Å². The second-order valence-electron chi connectivity index (χ2n) is 4.86. The van der Waals surface area contributed by atoms with E-state index in [1.54, 1.807) is 18.0 Å². The fourth-order valence-electron chi connectivity index (χ4n) is 1.79. The average Bonchev–Trinajstić information content (AvgIpc) is 2.82. The molecule has 0 atom stereocenters. The van der Waals surface area contributed by atoms with Gasteiger partial charge in [0.15, 0.2) is 5.13 Å². The average molecular weight is 325 g/mol. The quantitative estimate of drug-likeness (QED) is 0.939. The van der Waals surface area contributed by atoms with Crippen molar-refractivity contribution >= 4 is 39.8 Å². The summed E-state index contributed by atoms with van der Waals surface area (Å²) in [5.74, 6) is 0.109. The molecule has 0 bridgehead atoms. The van der Waals surface area contributed by atoms with Gasteiger partial charge in [0.05, 0.1) is 0 Å². The fourth-order valence-corrected chi connectivity index (χ4v) is 2.89. The molecule has 112 valence electrons. The second kappa shape index (κ2) is 6.32. The number of hydrogen-bond donors (Lipinski definition) is 1. The molecule has 0 unspecified atom stereocenters. The Labute approximate surface area is 132 Å². The number of carbonyl (C=O) groups excluding carboxylic acids is 1. The molecular formula is C14H17ClN4OS. The van der Waals surface area contributed by atoms with Gasteiger partial charge in [0, 0.05) is 32.7 Å². The standard InChI is InChI=1S/C14H17ClN4OS/c1-18(2)14-17-12(16)11(21-14)13(20)19(3)8-9-6-4-5-7-10(9)15/h4-7H,8,16H2,1-3H3. The van der Waals surface area contributed by atoms with Crippen molar-refractivity contribution < 1.29 is 4.79 Å². The molecule has 0 aliphatic carbocycles. The molecule has 1 heterocycles. The van der Waals surface area contributed by atoms with Gasteiger partial charge in [0.2, 0.25) is 0 Å². The summed E-state index contributed by atoms with van der Waals surface area (Å²) in [5.41, 5.74) is 6.73. The first kappa shape index (κ1) is 15.6. The van der Waals surface area contributed by atoms with E-state index in [-0.39, 0.29) is 11.7 Å². The summed E-state index contributed by atoms with van der Waals surface area (Å²) in [4.78, 5) is 20.5. The lowest BCUT2D eigenvalue weighted by Gasteiger charge is -2.17. The number of nitrogens with two attached hydrogens (primary N) is 1. The molecule has 1 aromatic carbocycles. The van der Waals surface area contributed by atoms with Gasteiger partial charge < -0.3 is 15.5 Å². The van der Waals surface area contributed by atoms with Gasteiger partial charge in [-0.3, -0.25) is 4.79 Å². The molecule has 1 amide bonds. The summed E-state index contributed by atoms with van der Waals surface area (Å²) < 4.78 is 0. The number of rotatable bonds is 4. The van der Waals surface area contributed by atoms with Gasteiger partial charge in [0.1, 0.15) is 10.7 Å². The number of carbonyl (C=O) groups is 1. The number of benzene rings is 1. The molecule has 5 nitrogen and oxygen atoms in total. The van der Waals surface area contributed by atoms with Crippen molar-refractivity contribution in [2.45, 2.75) is 6.54 Å². The molecular weight excluding hydrogens is 308 g/mol. The second-order valence-corrected chi connectivity index (χ2v) is 6.24. The first-order valence-electron chi connectivity index (χ1n) is 6.32. The molecule has 2 N–H and O–H groups in total. The largest absolute Gasteiger partial charge is 0.382 e. The van der Waals surface area contributed by atoms with E-state index in [2.05, 4.69) is 4.98 Å². The van der Waals surface area contributed by atoms with E-state index in [0.29, 0.717) is 21.6 Å². The minimum Gasteiger partial charge on any atom is -0.382 e. The van der Waals surface area contributed by atoms with Crippen molar-refractivity contribution in [3.05, 3.63) is 39.7 Å². The van der Waals surface area contributed by atoms with Crippen molar-refractivity contribution in [2.24, 2.45) is 0 Å². The Morgan fingerprint density at radius 3 is 2.57 bits per heavy atom. The Balaban J connectivity index is 2.18. The van der Waals surface area contributed by atoms with Gasteiger partial charge in [-0.1, -0.05) is 41.1 Å². The minimum atomic E-state index is -0.155. The van der Waals surface area contributed by atoms with Crippen molar-refractivity contribution in [3.8, 4) is 0 Å². The predicted molar refractivity (Wildman–Crippen MR) is 88.1 cm³/mol. The van der Waals surface area contributed by atoms with E-state index < -0.39 is 0 Å². The zero-order valence-corrected chi connectivity index (χ0v) is 13.7. The van der Waals surface area contributed by atoms with E-state index in [4.69, 9.17) is 17.3 Å². The van der Waals surface area contributed by atoms with Gasteiger partial charge in [-0.05, 0) is 11.6 Å². The lowest BCUT2D eigenvalue weighted by atomic mass is 10.2. The molecule has 0 radical (unpaired) electrons. The topological polar surface area (TPSA) is 62.5 Å². The number of thiazole rings is 1. The van der Waals surface area contributed by atoms with Gasteiger partial charge in [-0.15, -0.1) is 0 Å². The summed E-state index contributed by atoms with van der Waals surface area (Å²) >= 11 is 7.40. The van der Waals surface area contributed by atoms with Crippen molar-refractivity contribution in [1.82, 2.24) is 9.88 Å². The molecule has 0 aliphatic rings. The van der Waals surface area contributed by atoms with Crippen molar-refractivity contribution in [1.29, 1.82) is 0 Å². The highest BCUT2D eigenvalue weighted by Crippen LogP contribution is 2.28. The van der Waals surface area contributed by atoms with Crippen LogP contribution in [0.25, 0.3) is 0 Å². The van der Waals surface area contributed by atoms with Crippen LogP contribution in [0.1, 0.15) is 15.2 Å². The Morgan fingerprint density at radius 2 is 2.00 bits per heavy atom. The number of aromatic nitrogens is 1. The zero-order valence-electron chi connectivity index (χ0n) is 12.1. The van der Waals surface area contributed by atoms with E-state index in [1.807, 2.05) is 37.2 Å². The molecule has 0 saturated heterocycles. The molecule has 0 fully saturated rings. The van der Waals surface area contributed by atoms with Gasteiger partial charge in [-0.25, -0.2) is 4.98 Å². The highest BCUT2D eigenvalue weighted by molar-refractivity contribution is 7.18. The van der Waals surface area contributed by atoms with Crippen LogP contribution in [0.3, 0.4) is 0 Å². The molecule has 0 aliphatic heterocycles. The lowest BCUT2D eigenvalue weighted by molar-refractivity contribution is 0.0790. The van der Waals surface area contributed by atoms with Crippen LogP contribution in [0.15, 0.2) is 24.3 Å². The molecule has 0 spiro atoms. The summed E-state index contributed by atoms with van der Waals surface area (Å²) in [6, 6.07) is 7.46. The molecule has 2 rings (SSSR count). The number of amides is 1. The maximum atomic E-state index is 12.5. The first-order valence-corrected chi connectivity index (χ1v) is 7.52. The molecule has 2 aromatic rings. The first-order chi connectivity index (χ1) is 9.90. The zero-order chi connectivity index (χ0) is 15.6. The highest BCUT2D eigenvalue weighted by Gasteiger charge is 2.21. The van der Waals surface area contributed by atoms with Crippen LogP contribution in [0.4, 0.5) is 10.9 Å². The minimum absolute atomic E-state index is 0.155. The van der Waals surface area contributed by atoms with Gasteiger partial charge >= 0.3 is 0 Å². The van der Waals surface area contributed by atoms with Gasteiger partial charge in [-0.2, -0.15) is 0 Å². The molecule has 0 saturated carbocycles. The number of hydrogen-bond acceptors (Lipinski definition) is 5. The molecule has 21 heavy (non-hydrogen) atoms. The Kier molecular flexibility index (Phi) is 4.69. The monoisotopic (exact) mass is 324 g/mol. The van der Waals surface area contributed by atoms with Crippen LogP contribution in [0, 0.1) is 0 Å².